The number of hydrogen-bond donors (Lipinski definition) is 1. The summed E-state index contributed by atoms with van der Waals surface area (Å²) in [6, 6.07) is 9.05. The quantitative estimate of drug-likeness (QED) is 0.849. The first kappa shape index (κ1) is 15.2. The van der Waals surface area contributed by atoms with Gasteiger partial charge in [0, 0.05) is 18.2 Å². The fraction of sp³-hybridized carbons (Fsp3) is 0.312. The second-order valence-corrected chi connectivity index (χ2v) is 5.01. The van der Waals surface area contributed by atoms with Gasteiger partial charge in [0.05, 0.1) is 11.9 Å². The summed E-state index contributed by atoms with van der Waals surface area (Å²) < 4.78 is 30.5. The summed E-state index contributed by atoms with van der Waals surface area (Å²) in [5.41, 5.74) is 9.33. The first-order valence-electron chi connectivity index (χ1n) is 6.74. The number of nitrogens with two attached hydrogens (primary N) is 1. The number of anilines is 1. The molecule has 0 unspecified atom stereocenters. The molecule has 21 heavy (non-hydrogen) atoms. The van der Waals surface area contributed by atoms with Crippen molar-refractivity contribution in [2.45, 2.75) is 26.2 Å². The molecule has 0 aliphatic heterocycles. The van der Waals surface area contributed by atoms with Crippen LogP contribution in [0.4, 0.5) is 14.5 Å². The highest BCUT2D eigenvalue weighted by atomic mass is 19.3. The average molecular weight is 292 g/mol. The van der Waals surface area contributed by atoms with E-state index in [9.17, 15) is 8.78 Å². The molecule has 0 amide bonds. The van der Waals surface area contributed by atoms with Crippen LogP contribution in [0.25, 0.3) is 11.3 Å². The van der Waals surface area contributed by atoms with Gasteiger partial charge in [-0.25, -0.2) is 8.78 Å². The number of pyridine rings is 1. The van der Waals surface area contributed by atoms with Crippen molar-refractivity contribution < 1.29 is 13.5 Å². The minimum absolute atomic E-state index is 0.328. The Morgan fingerprint density at radius 1 is 1.24 bits per heavy atom. The van der Waals surface area contributed by atoms with E-state index in [4.69, 9.17) is 10.5 Å². The predicted octanol–water partition coefficient (Wildman–Crippen LogP) is 3.93. The standard InChI is InChI=1S/C16H18F2N2O/c1-3-11-8-12(19)4-6-14(11)15-7-5-13(9-20-15)21-10-16(2,17)18/h4-9H,3,10,19H2,1-2H3. The van der Waals surface area contributed by atoms with Crippen molar-refractivity contribution in [1.82, 2.24) is 4.98 Å². The topological polar surface area (TPSA) is 48.1 Å². The Kier molecular flexibility index (Phi) is 4.40. The Bertz CT molecular complexity index is 607. The van der Waals surface area contributed by atoms with Crippen LogP contribution in [0.3, 0.4) is 0 Å². The molecule has 2 rings (SSSR count). The lowest BCUT2D eigenvalue weighted by atomic mass is 10.0. The van der Waals surface area contributed by atoms with Crippen molar-refractivity contribution in [2.24, 2.45) is 0 Å². The zero-order valence-corrected chi connectivity index (χ0v) is 12.1. The van der Waals surface area contributed by atoms with Crippen LogP contribution in [-0.4, -0.2) is 17.5 Å². The zero-order chi connectivity index (χ0) is 15.5. The van der Waals surface area contributed by atoms with Gasteiger partial charge in [-0.2, -0.15) is 0 Å². The van der Waals surface area contributed by atoms with Crippen molar-refractivity contribution in [3.63, 3.8) is 0 Å². The second-order valence-electron chi connectivity index (χ2n) is 5.01. The minimum Gasteiger partial charge on any atom is -0.486 e. The first-order chi connectivity index (χ1) is 9.89. The van der Waals surface area contributed by atoms with Gasteiger partial charge in [-0.05, 0) is 36.2 Å². The molecule has 0 aliphatic carbocycles. The molecule has 1 heterocycles. The third-order valence-electron chi connectivity index (χ3n) is 3.01. The number of halogens is 2. The number of aryl methyl sites for hydroxylation is 1. The van der Waals surface area contributed by atoms with E-state index in [0.717, 1.165) is 30.2 Å². The number of nitrogens with zero attached hydrogens (tertiary/aromatic N) is 1. The summed E-state index contributed by atoms with van der Waals surface area (Å²) in [7, 11) is 0. The van der Waals surface area contributed by atoms with E-state index in [1.165, 1.54) is 6.20 Å². The van der Waals surface area contributed by atoms with Crippen LogP contribution in [0.15, 0.2) is 36.5 Å². The fourth-order valence-corrected chi connectivity index (χ4v) is 1.99. The van der Waals surface area contributed by atoms with Gasteiger partial charge < -0.3 is 10.5 Å². The predicted molar refractivity (Wildman–Crippen MR) is 79.6 cm³/mol. The molecule has 0 saturated carbocycles. The molecular weight excluding hydrogens is 274 g/mol. The Balaban J connectivity index is 2.19. The van der Waals surface area contributed by atoms with Crippen LogP contribution in [0, 0.1) is 0 Å². The lowest BCUT2D eigenvalue weighted by Crippen LogP contribution is -2.20. The fourth-order valence-electron chi connectivity index (χ4n) is 1.99. The average Bonchev–Trinajstić information content (AvgIpc) is 2.45. The third kappa shape index (κ3) is 4.15. The molecule has 112 valence electrons. The lowest BCUT2D eigenvalue weighted by Gasteiger charge is -2.12. The van der Waals surface area contributed by atoms with E-state index < -0.39 is 12.5 Å². The van der Waals surface area contributed by atoms with Crippen LogP contribution in [-0.2, 0) is 6.42 Å². The summed E-state index contributed by atoms with van der Waals surface area (Å²) in [6.45, 7) is 2.20. The largest absolute Gasteiger partial charge is 0.486 e. The summed E-state index contributed by atoms with van der Waals surface area (Å²) in [4.78, 5) is 4.28. The molecule has 5 heteroatoms. The maximum absolute atomic E-state index is 12.7. The SMILES string of the molecule is CCc1cc(N)ccc1-c1ccc(OCC(C)(F)F)cn1. The summed E-state index contributed by atoms with van der Waals surface area (Å²) >= 11 is 0. The molecule has 0 atom stereocenters. The Hall–Kier alpha value is -2.17. The summed E-state index contributed by atoms with van der Waals surface area (Å²) in [6.07, 6.45) is 2.29. The minimum atomic E-state index is -2.86. The van der Waals surface area contributed by atoms with Gasteiger partial charge in [-0.1, -0.05) is 13.0 Å². The molecule has 1 aromatic heterocycles. The number of alkyl halides is 2. The van der Waals surface area contributed by atoms with Gasteiger partial charge in [-0.3, -0.25) is 4.98 Å². The monoisotopic (exact) mass is 292 g/mol. The third-order valence-corrected chi connectivity index (χ3v) is 3.01. The van der Waals surface area contributed by atoms with Crippen LogP contribution in [0.2, 0.25) is 0 Å². The van der Waals surface area contributed by atoms with Crippen LogP contribution >= 0.6 is 0 Å². The maximum Gasteiger partial charge on any atom is 0.278 e. The molecule has 1 aromatic carbocycles. The molecule has 0 saturated heterocycles. The number of rotatable bonds is 5. The Morgan fingerprint density at radius 2 is 2.00 bits per heavy atom. The summed E-state index contributed by atoms with van der Waals surface area (Å²) in [5.74, 6) is -2.53. The van der Waals surface area contributed by atoms with E-state index in [-0.39, 0.29) is 0 Å². The molecule has 2 N–H and O–H groups in total. The number of ether oxygens (including phenoxy) is 1. The van der Waals surface area contributed by atoms with Crippen molar-refractivity contribution in [3.8, 4) is 17.0 Å². The molecule has 3 nitrogen and oxygen atoms in total. The zero-order valence-electron chi connectivity index (χ0n) is 12.1. The molecular formula is C16H18F2N2O. The number of benzene rings is 1. The number of nitrogen functional groups attached to an aromatic ring is 1. The van der Waals surface area contributed by atoms with Gasteiger partial charge in [-0.15, -0.1) is 0 Å². The van der Waals surface area contributed by atoms with Crippen LogP contribution in [0.1, 0.15) is 19.4 Å². The highest BCUT2D eigenvalue weighted by molar-refractivity contribution is 5.67. The van der Waals surface area contributed by atoms with Crippen molar-refractivity contribution in [3.05, 3.63) is 42.1 Å². The highest BCUT2D eigenvalue weighted by Gasteiger charge is 2.22. The van der Waals surface area contributed by atoms with Crippen molar-refractivity contribution in [2.75, 3.05) is 12.3 Å². The lowest BCUT2D eigenvalue weighted by molar-refractivity contribution is -0.0230. The molecule has 2 aromatic rings. The van der Waals surface area contributed by atoms with Gasteiger partial charge in [0.1, 0.15) is 5.75 Å². The highest BCUT2D eigenvalue weighted by Crippen LogP contribution is 2.26. The van der Waals surface area contributed by atoms with Crippen LogP contribution < -0.4 is 10.5 Å². The maximum atomic E-state index is 12.7. The normalized spacial score (nSPS) is 11.4. The van der Waals surface area contributed by atoms with Gasteiger partial charge in [0.25, 0.3) is 5.92 Å². The van der Waals surface area contributed by atoms with E-state index in [0.29, 0.717) is 11.4 Å². The molecule has 0 aliphatic rings. The summed E-state index contributed by atoms with van der Waals surface area (Å²) in [5, 5.41) is 0. The van der Waals surface area contributed by atoms with E-state index in [2.05, 4.69) is 4.98 Å². The van der Waals surface area contributed by atoms with E-state index in [1.54, 1.807) is 12.1 Å². The molecule has 0 radical (unpaired) electrons. The van der Waals surface area contributed by atoms with Crippen molar-refractivity contribution >= 4 is 5.69 Å². The van der Waals surface area contributed by atoms with Gasteiger partial charge in [0.15, 0.2) is 6.61 Å². The molecule has 0 spiro atoms. The smallest absolute Gasteiger partial charge is 0.278 e. The van der Waals surface area contributed by atoms with E-state index in [1.807, 2.05) is 25.1 Å². The number of aromatic nitrogens is 1. The number of hydrogen-bond acceptors (Lipinski definition) is 3. The van der Waals surface area contributed by atoms with Crippen LogP contribution in [0.5, 0.6) is 5.75 Å². The Labute approximate surface area is 122 Å². The van der Waals surface area contributed by atoms with Gasteiger partial charge >= 0.3 is 0 Å². The van der Waals surface area contributed by atoms with Crippen molar-refractivity contribution in [1.29, 1.82) is 0 Å². The molecule has 0 bridgehead atoms. The Morgan fingerprint density at radius 3 is 2.57 bits per heavy atom. The van der Waals surface area contributed by atoms with E-state index >= 15 is 0 Å². The first-order valence-corrected chi connectivity index (χ1v) is 6.74. The molecule has 0 fully saturated rings. The van der Waals surface area contributed by atoms with Gasteiger partial charge in [0.2, 0.25) is 0 Å². The second kappa shape index (κ2) is 6.08.